The zero-order valence-corrected chi connectivity index (χ0v) is 9.68. The highest BCUT2D eigenvalue weighted by Gasteiger charge is 2.09. The Bertz CT molecular complexity index is 523. The zero-order valence-electron chi connectivity index (χ0n) is 8.87. The number of benzene rings is 1. The number of pyridine rings is 1. The van der Waals surface area contributed by atoms with Crippen LogP contribution in [0.25, 0.3) is 0 Å². The Balaban J connectivity index is 2.11. The van der Waals surface area contributed by atoms with Gasteiger partial charge in [0.15, 0.2) is 0 Å². The maximum atomic E-state index is 11.7. The van der Waals surface area contributed by atoms with Crippen molar-refractivity contribution in [3.8, 4) is 0 Å². The van der Waals surface area contributed by atoms with Gasteiger partial charge in [0.05, 0.1) is 5.69 Å². The molecule has 0 amide bonds. The SMILES string of the molecule is O=S(=O)(Nc1ccccc1)Nc1ccccn1. The molecule has 0 unspecified atom stereocenters. The maximum absolute atomic E-state index is 11.7. The third kappa shape index (κ3) is 3.46. The van der Waals surface area contributed by atoms with Crippen LogP contribution in [0, 0.1) is 0 Å². The molecule has 0 spiro atoms. The molecular weight excluding hydrogens is 238 g/mol. The zero-order chi connectivity index (χ0) is 12.1. The molecule has 1 aromatic carbocycles. The maximum Gasteiger partial charge on any atom is 0.322 e. The average molecular weight is 249 g/mol. The monoisotopic (exact) mass is 249 g/mol. The first kappa shape index (κ1) is 11.4. The van der Waals surface area contributed by atoms with Gasteiger partial charge in [-0.15, -0.1) is 0 Å². The Morgan fingerprint density at radius 2 is 1.59 bits per heavy atom. The van der Waals surface area contributed by atoms with E-state index in [1.807, 2.05) is 6.07 Å². The van der Waals surface area contributed by atoms with Crippen LogP contribution in [0.5, 0.6) is 0 Å². The quantitative estimate of drug-likeness (QED) is 0.868. The van der Waals surface area contributed by atoms with E-state index in [4.69, 9.17) is 0 Å². The summed E-state index contributed by atoms with van der Waals surface area (Å²) in [6.45, 7) is 0. The van der Waals surface area contributed by atoms with E-state index in [0.29, 0.717) is 5.69 Å². The minimum Gasteiger partial charge on any atom is -0.267 e. The summed E-state index contributed by atoms with van der Waals surface area (Å²) in [6, 6.07) is 13.6. The predicted molar refractivity (Wildman–Crippen MR) is 66.8 cm³/mol. The molecule has 0 aliphatic carbocycles. The second-order valence-electron chi connectivity index (χ2n) is 3.29. The Kier molecular flexibility index (Phi) is 3.24. The fraction of sp³-hybridized carbons (Fsp3) is 0. The molecule has 2 rings (SSSR count). The average Bonchev–Trinajstić information content (AvgIpc) is 2.30. The van der Waals surface area contributed by atoms with Crippen LogP contribution in [0.4, 0.5) is 11.5 Å². The fourth-order valence-electron chi connectivity index (χ4n) is 1.25. The number of hydrogen-bond acceptors (Lipinski definition) is 3. The van der Waals surface area contributed by atoms with Crippen molar-refractivity contribution in [2.45, 2.75) is 0 Å². The highest BCUT2D eigenvalue weighted by molar-refractivity contribution is 7.94. The minimum absolute atomic E-state index is 0.274. The van der Waals surface area contributed by atoms with E-state index < -0.39 is 10.2 Å². The van der Waals surface area contributed by atoms with Gasteiger partial charge in [0.1, 0.15) is 5.82 Å². The lowest BCUT2D eigenvalue weighted by molar-refractivity contribution is 0.606. The normalized spacial score (nSPS) is 10.8. The number of nitrogens with zero attached hydrogens (tertiary/aromatic N) is 1. The molecule has 17 heavy (non-hydrogen) atoms. The van der Waals surface area contributed by atoms with E-state index in [2.05, 4.69) is 14.4 Å². The van der Waals surface area contributed by atoms with E-state index in [1.165, 1.54) is 6.20 Å². The lowest BCUT2D eigenvalue weighted by Crippen LogP contribution is -2.22. The van der Waals surface area contributed by atoms with Crippen molar-refractivity contribution in [2.24, 2.45) is 0 Å². The number of anilines is 2. The highest BCUT2D eigenvalue weighted by atomic mass is 32.2. The molecule has 0 saturated heterocycles. The smallest absolute Gasteiger partial charge is 0.267 e. The van der Waals surface area contributed by atoms with E-state index in [9.17, 15) is 8.42 Å². The molecule has 6 heteroatoms. The van der Waals surface area contributed by atoms with Gasteiger partial charge in [-0.2, -0.15) is 8.42 Å². The summed E-state index contributed by atoms with van der Waals surface area (Å²) in [5, 5.41) is 0. The summed E-state index contributed by atoms with van der Waals surface area (Å²) in [5.41, 5.74) is 0.496. The molecule has 1 heterocycles. The number of nitrogens with one attached hydrogen (secondary N) is 2. The van der Waals surface area contributed by atoms with Crippen molar-refractivity contribution in [1.82, 2.24) is 4.98 Å². The molecule has 2 aromatic rings. The number of para-hydroxylation sites is 1. The summed E-state index contributed by atoms with van der Waals surface area (Å²) in [6.07, 6.45) is 1.51. The second kappa shape index (κ2) is 4.84. The van der Waals surface area contributed by atoms with Crippen molar-refractivity contribution in [1.29, 1.82) is 0 Å². The van der Waals surface area contributed by atoms with Crippen molar-refractivity contribution in [2.75, 3.05) is 9.44 Å². The number of hydrogen-bond donors (Lipinski definition) is 2. The minimum atomic E-state index is -3.65. The van der Waals surface area contributed by atoms with Crippen LogP contribution in [0.1, 0.15) is 0 Å². The lowest BCUT2D eigenvalue weighted by Gasteiger charge is -2.09. The highest BCUT2D eigenvalue weighted by Crippen LogP contribution is 2.09. The summed E-state index contributed by atoms with van der Waals surface area (Å²) in [7, 11) is -3.65. The summed E-state index contributed by atoms with van der Waals surface area (Å²) < 4.78 is 28.1. The molecule has 2 N–H and O–H groups in total. The van der Waals surface area contributed by atoms with Crippen LogP contribution in [0.15, 0.2) is 54.7 Å². The molecule has 88 valence electrons. The van der Waals surface area contributed by atoms with Gasteiger partial charge in [0.2, 0.25) is 0 Å². The molecule has 1 aromatic heterocycles. The molecule has 0 fully saturated rings. The second-order valence-corrected chi connectivity index (χ2v) is 4.70. The third-order valence-electron chi connectivity index (χ3n) is 1.93. The van der Waals surface area contributed by atoms with Crippen molar-refractivity contribution in [3.05, 3.63) is 54.7 Å². The standard InChI is InChI=1S/C11H11N3O2S/c15-17(16,13-10-6-2-1-3-7-10)14-11-8-4-5-9-12-11/h1-9,13H,(H,12,14). The summed E-state index contributed by atoms with van der Waals surface area (Å²) >= 11 is 0. The van der Waals surface area contributed by atoms with Crippen LogP contribution in [0.3, 0.4) is 0 Å². The van der Waals surface area contributed by atoms with Crippen molar-refractivity contribution >= 4 is 21.7 Å². The van der Waals surface area contributed by atoms with E-state index in [-0.39, 0.29) is 5.82 Å². The van der Waals surface area contributed by atoms with Gasteiger partial charge in [-0.1, -0.05) is 24.3 Å². The molecule has 0 saturated carbocycles. The van der Waals surface area contributed by atoms with E-state index >= 15 is 0 Å². The number of aromatic nitrogens is 1. The van der Waals surface area contributed by atoms with Crippen LogP contribution in [0.2, 0.25) is 0 Å². The fourth-order valence-corrected chi connectivity index (χ4v) is 2.14. The first-order valence-corrected chi connectivity index (χ1v) is 6.41. The number of rotatable bonds is 4. The van der Waals surface area contributed by atoms with Crippen LogP contribution >= 0.6 is 0 Å². The van der Waals surface area contributed by atoms with Crippen molar-refractivity contribution in [3.63, 3.8) is 0 Å². The largest absolute Gasteiger partial charge is 0.322 e. The first-order chi connectivity index (χ1) is 8.16. The first-order valence-electron chi connectivity index (χ1n) is 4.92. The Labute approximate surface area is 99.7 Å². The van der Waals surface area contributed by atoms with Gasteiger partial charge in [0.25, 0.3) is 0 Å². The Morgan fingerprint density at radius 3 is 2.24 bits per heavy atom. The molecule has 0 atom stereocenters. The van der Waals surface area contributed by atoms with Gasteiger partial charge in [-0.25, -0.2) is 4.98 Å². The van der Waals surface area contributed by atoms with Gasteiger partial charge >= 0.3 is 10.2 Å². The molecule has 0 bridgehead atoms. The van der Waals surface area contributed by atoms with Crippen LogP contribution < -0.4 is 9.44 Å². The van der Waals surface area contributed by atoms with Gasteiger partial charge in [-0.3, -0.25) is 9.44 Å². The third-order valence-corrected chi connectivity index (χ3v) is 2.91. The topological polar surface area (TPSA) is 71.1 Å². The summed E-state index contributed by atoms with van der Waals surface area (Å²) in [5.74, 6) is 0.274. The van der Waals surface area contributed by atoms with E-state index in [0.717, 1.165) is 0 Å². The van der Waals surface area contributed by atoms with E-state index in [1.54, 1.807) is 42.5 Å². The van der Waals surface area contributed by atoms with Gasteiger partial charge < -0.3 is 0 Å². The molecule has 0 radical (unpaired) electrons. The lowest BCUT2D eigenvalue weighted by atomic mass is 10.3. The molecule has 0 aliphatic rings. The molecule has 5 nitrogen and oxygen atoms in total. The van der Waals surface area contributed by atoms with Crippen LogP contribution in [-0.4, -0.2) is 13.4 Å². The Hall–Kier alpha value is -2.08. The molecule has 0 aliphatic heterocycles. The molecular formula is C11H11N3O2S. The predicted octanol–water partition coefficient (Wildman–Crippen LogP) is 1.85. The summed E-state index contributed by atoms with van der Waals surface area (Å²) in [4.78, 5) is 3.88. The van der Waals surface area contributed by atoms with Gasteiger partial charge in [0, 0.05) is 6.20 Å². The van der Waals surface area contributed by atoms with Gasteiger partial charge in [-0.05, 0) is 24.3 Å². The van der Waals surface area contributed by atoms with Crippen molar-refractivity contribution < 1.29 is 8.42 Å². The van der Waals surface area contributed by atoms with Crippen LogP contribution in [-0.2, 0) is 10.2 Å². The Morgan fingerprint density at radius 1 is 0.882 bits per heavy atom.